The number of rotatable bonds is 12. The Hall–Kier alpha value is -3.87. The summed E-state index contributed by atoms with van der Waals surface area (Å²) in [5.41, 5.74) is 3.07. The summed E-state index contributed by atoms with van der Waals surface area (Å²) in [5, 5.41) is 5.80. The topological polar surface area (TPSA) is 69.7 Å². The van der Waals surface area contributed by atoms with Gasteiger partial charge in [-0.3, -0.25) is 14.4 Å². The zero-order valence-corrected chi connectivity index (χ0v) is 25.0. The van der Waals surface area contributed by atoms with Crippen LogP contribution in [0.15, 0.2) is 84.9 Å². The summed E-state index contributed by atoms with van der Waals surface area (Å²) < 4.78 is 0. The SMILES string of the molecule is CCCNC(=O)[C@H](Cc1ccccc1)N(Cc1c(Cl)cccc1Cl)C(=O)CCCN1C(=O)c2cccc3cccc1c23. The van der Waals surface area contributed by atoms with E-state index in [1.54, 1.807) is 28.0 Å². The van der Waals surface area contributed by atoms with Crippen LogP contribution in [0.1, 0.15) is 47.7 Å². The first kappa shape index (κ1) is 29.6. The molecule has 0 unspecified atom stereocenters. The van der Waals surface area contributed by atoms with E-state index in [-0.39, 0.29) is 30.7 Å². The Bertz CT molecular complexity index is 1580. The molecule has 216 valence electrons. The maximum atomic E-state index is 14.0. The molecule has 4 aromatic carbocycles. The van der Waals surface area contributed by atoms with Gasteiger partial charge in [-0.05, 0) is 48.1 Å². The van der Waals surface area contributed by atoms with Crippen LogP contribution < -0.4 is 10.2 Å². The lowest BCUT2D eigenvalue weighted by Gasteiger charge is -2.32. The van der Waals surface area contributed by atoms with Crippen molar-refractivity contribution >= 4 is 57.4 Å². The highest BCUT2D eigenvalue weighted by atomic mass is 35.5. The van der Waals surface area contributed by atoms with E-state index in [1.807, 2.05) is 73.7 Å². The van der Waals surface area contributed by atoms with Crippen LogP contribution in [0.4, 0.5) is 5.69 Å². The fourth-order valence-corrected chi connectivity index (χ4v) is 6.02. The molecule has 0 aromatic heterocycles. The van der Waals surface area contributed by atoms with Crippen molar-refractivity contribution in [2.24, 2.45) is 0 Å². The minimum absolute atomic E-state index is 0.0603. The van der Waals surface area contributed by atoms with E-state index in [2.05, 4.69) is 5.32 Å². The Labute approximate surface area is 256 Å². The summed E-state index contributed by atoms with van der Waals surface area (Å²) in [6.07, 6.45) is 1.68. The van der Waals surface area contributed by atoms with Gasteiger partial charge in [0.2, 0.25) is 11.8 Å². The van der Waals surface area contributed by atoms with E-state index < -0.39 is 6.04 Å². The van der Waals surface area contributed by atoms with Crippen molar-refractivity contribution in [1.82, 2.24) is 10.2 Å². The van der Waals surface area contributed by atoms with Crippen LogP contribution in [0, 0.1) is 0 Å². The highest BCUT2D eigenvalue weighted by Gasteiger charge is 2.32. The molecule has 0 spiro atoms. The summed E-state index contributed by atoms with van der Waals surface area (Å²) in [5.74, 6) is -0.495. The molecular weight excluding hydrogens is 569 g/mol. The number of nitrogens with zero attached hydrogens (tertiary/aromatic N) is 2. The van der Waals surface area contributed by atoms with E-state index in [9.17, 15) is 14.4 Å². The van der Waals surface area contributed by atoms with Crippen molar-refractivity contribution in [2.45, 2.75) is 45.2 Å². The van der Waals surface area contributed by atoms with Crippen LogP contribution in [0.3, 0.4) is 0 Å². The number of anilines is 1. The van der Waals surface area contributed by atoms with Gasteiger partial charge in [0.15, 0.2) is 0 Å². The highest BCUT2D eigenvalue weighted by Crippen LogP contribution is 2.37. The third-order valence-corrected chi connectivity index (χ3v) is 8.34. The molecule has 3 amide bonds. The van der Waals surface area contributed by atoms with Gasteiger partial charge in [-0.15, -0.1) is 0 Å². The molecule has 1 aliphatic rings. The Balaban J connectivity index is 1.39. The van der Waals surface area contributed by atoms with E-state index in [0.717, 1.165) is 28.4 Å². The lowest BCUT2D eigenvalue weighted by atomic mass is 10.0. The zero-order valence-electron chi connectivity index (χ0n) is 23.5. The van der Waals surface area contributed by atoms with Gasteiger partial charge < -0.3 is 15.1 Å². The Morgan fingerprint density at radius 1 is 0.905 bits per heavy atom. The molecule has 1 atom stereocenters. The second-order valence-electron chi connectivity index (χ2n) is 10.5. The van der Waals surface area contributed by atoms with E-state index in [1.165, 1.54) is 0 Å². The standard InChI is InChI=1S/C34H33Cl2N3O3/c1-2-19-37-33(41)30(21-23-10-4-3-5-11-23)39(22-26-27(35)15-8-16-28(26)36)31(40)18-9-20-38-29-17-7-13-24-12-6-14-25(32(24)29)34(38)42/h3-8,10-17,30H,2,9,18-22H2,1H3,(H,37,41)/t30-/m0/s1. The van der Waals surface area contributed by atoms with Crippen LogP contribution in [-0.4, -0.2) is 41.8 Å². The van der Waals surface area contributed by atoms with Crippen LogP contribution in [0.5, 0.6) is 0 Å². The van der Waals surface area contributed by atoms with Gasteiger partial charge in [0.05, 0.1) is 5.69 Å². The molecule has 0 fully saturated rings. The largest absolute Gasteiger partial charge is 0.354 e. The molecule has 4 aromatic rings. The predicted octanol–water partition coefficient (Wildman–Crippen LogP) is 7.05. The van der Waals surface area contributed by atoms with Crippen LogP contribution in [0.2, 0.25) is 10.0 Å². The Kier molecular flexibility index (Phi) is 9.45. The number of amides is 3. The second-order valence-corrected chi connectivity index (χ2v) is 11.3. The maximum Gasteiger partial charge on any atom is 0.258 e. The second kappa shape index (κ2) is 13.4. The lowest BCUT2D eigenvalue weighted by molar-refractivity contribution is -0.141. The summed E-state index contributed by atoms with van der Waals surface area (Å²) >= 11 is 13.1. The van der Waals surface area contributed by atoms with Crippen molar-refractivity contribution in [1.29, 1.82) is 0 Å². The quantitative estimate of drug-likeness (QED) is 0.189. The van der Waals surface area contributed by atoms with Gasteiger partial charge in [0.25, 0.3) is 5.91 Å². The van der Waals surface area contributed by atoms with Gasteiger partial charge in [-0.2, -0.15) is 0 Å². The predicted molar refractivity (Wildman–Crippen MR) is 169 cm³/mol. The van der Waals surface area contributed by atoms with Crippen molar-refractivity contribution in [3.63, 3.8) is 0 Å². The highest BCUT2D eigenvalue weighted by molar-refractivity contribution is 6.36. The van der Waals surface area contributed by atoms with Gasteiger partial charge in [0.1, 0.15) is 6.04 Å². The number of carbonyl (C=O) groups excluding carboxylic acids is 3. The van der Waals surface area contributed by atoms with Crippen molar-refractivity contribution < 1.29 is 14.4 Å². The van der Waals surface area contributed by atoms with Gasteiger partial charge in [-0.25, -0.2) is 0 Å². The number of hydrogen-bond donors (Lipinski definition) is 1. The molecule has 6 nitrogen and oxygen atoms in total. The first-order valence-corrected chi connectivity index (χ1v) is 15.0. The first-order chi connectivity index (χ1) is 20.4. The molecule has 0 radical (unpaired) electrons. The van der Waals surface area contributed by atoms with E-state index in [4.69, 9.17) is 23.2 Å². The van der Waals surface area contributed by atoms with Gasteiger partial charge >= 0.3 is 0 Å². The molecule has 0 aliphatic carbocycles. The fraction of sp³-hybridized carbons (Fsp3) is 0.265. The monoisotopic (exact) mass is 601 g/mol. The number of hydrogen-bond acceptors (Lipinski definition) is 3. The smallest absolute Gasteiger partial charge is 0.258 e. The summed E-state index contributed by atoms with van der Waals surface area (Å²) in [6, 6.07) is 25.7. The molecular formula is C34H33Cl2N3O3. The molecule has 42 heavy (non-hydrogen) atoms. The molecule has 1 aliphatic heterocycles. The normalized spacial score (nSPS) is 12.9. The minimum Gasteiger partial charge on any atom is -0.354 e. The summed E-state index contributed by atoms with van der Waals surface area (Å²) in [6.45, 7) is 2.95. The number of nitrogens with one attached hydrogen (secondary N) is 1. The molecule has 0 saturated heterocycles. The molecule has 0 saturated carbocycles. The summed E-state index contributed by atoms with van der Waals surface area (Å²) in [4.78, 5) is 44.1. The zero-order chi connectivity index (χ0) is 29.6. The molecule has 1 heterocycles. The van der Waals surface area contributed by atoms with Crippen LogP contribution in [-0.2, 0) is 22.6 Å². The van der Waals surface area contributed by atoms with E-state index in [0.29, 0.717) is 47.1 Å². The summed E-state index contributed by atoms with van der Waals surface area (Å²) in [7, 11) is 0. The Morgan fingerprint density at radius 2 is 1.60 bits per heavy atom. The van der Waals surface area contributed by atoms with Crippen LogP contribution in [0.25, 0.3) is 10.8 Å². The lowest BCUT2D eigenvalue weighted by Crippen LogP contribution is -2.50. The molecule has 1 N–H and O–H groups in total. The average molecular weight is 603 g/mol. The number of carbonyl (C=O) groups is 3. The minimum atomic E-state index is -0.773. The number of benzene rings is 4. The van der Waals surface area contributed by atoms with Crippen molar-refractivity contribution in [2.75, 3.05) is 18.0 Å². The third-order valence-electron chi connectivity index (χ3n) is 7.63. The van der Waals surface area contributed by atoms with Crippen molar-refractivity contribution in [3.05, 3.63) is 112 Å². The maximum absolute atomic E-state index is 14.0. The van der Waals surface area contributed by atoms with E-state index >= 15 is 0 Å². The third kappa shape index (κ3) is 6.30. The van der Waals surface area contributed by atoms with Gasteiger partial charge in [-0.1, -0.05) is 90.8 Å². The van der Waals surface area contributed by atoms with Gasteiger partial charge in [0, 0.05) is 59.0 Å². The number of halogens is 2. The average Bonchev–Trinajstić information content (AvgIpc) is 3.27. The fourth-order valence-electron chi connectivity index (χ4n) is 5.51. The Morgan fingerprint density at radius 3 is 2.31 bits per heavy atom. The van der Waals surface area contributed by atoms with Crippen LogP contribution >= 0.6 is 23.2 Å². The molecule has 0 bridgehead atoms. The molecule has 5 rings (SSSR count). The molecule has 8 heteroatoms. The first-order valence-electron chi connectivity index (χ1n) is 14.3. The van der Waals surface area contributed by atoms with Crippen molar-refractivity contribution in [3.8, 4) is 0 Å².